The second kappa shape index (κ2) is 8.75. The Morgan fingerprint density at radius 1 is 1.00 bits per heavy atom. The van der Waals surface area contributed by atoms with Crippen LogP contribution in [0.5, 0.6) is 0 Å². The molecule has 0 unspecified atom stereocenters. The number of ketones is 1. The maximum atomic E-state index is 12.4. The lowest BCUT2D eigenvalue weighted by Gasteiger charge is -2.16. The highest BCUT2D eigenvalue weighted by Gasteiger charge is 2.21. The number of aliphatic hydroxyl groups is 1. The van der Waals surface area contributed by atoms with Gasteiger partial charge in [-0.25, -0.2) is 4.79 Å². The maximum Gasteiger partial charge on any atom is 0.328 e. The van der Waals surface area contributed by atoms with Crippen molar-refractivity contribution in [3.8, 4) is 0 Å². The average molecular weight is 341 g/mol. The van der Waals surface area contributed by atoms with Crippen LogP contribution in [0.1, 0.15) is 21.5 Å². The minimum atomic E-state index is -0.902. The molecule has 25 heavy (non-hydrogen) atoms. The van der Waals surface area contributed by atoms with Crippen LogP contribution in [0.25, 0.3) is 0 Å². The molecule has 2 aromatic carbocycles. The summed E-state index contributed by atoms with van der Waals surface area (Å²) in [5.74, 6) is -1.36. The van der Waals surface area contributed by atoms with Crippen LogP contribution in [0.15, 0.2) is 54.6 Å². The Kier molecular flexibility index (Phi) is 6.42. The van der Waals surface area contributed by atoms with E-state index < -0.39 is 24.5 Å². The Hall–Kier alpha value is -2.99. The van der Waals surface area contributed by atoms with Crippen LogP contribution in [0.2, 0.25) is 0 Å². The third-order valence-electron chi connectivity index (χ3n) is 3.66. The summed E-state index contributed by atoms with van der Waals surface area (Å²) in [4.78, 5) is 35.4. The van der Waals surface area contributed by atoms with Gasteiger partial charge in [0.05, 0.1) is 7.11 Å². The zero-order valence-corrected chi connectivity index (χ0v) is 13.8. The van der Waals surface area contributed by atoms with Crippen molar-refractivity contribution < 1.29 is 24.2 Å². The first kappa shape index (κ1) is 18.4. The second-order valence-electron chi connectivity index (χ2n) is 5.40. The second-order valence-corrected chi connectivity index (χ2v) is 5.40. The van der Waals surface area contributed by atoms with Gasteiger partial charge in [0, 0.05) is 17.5 Å². The average Bonchev–Trinajstić information content (AvgIpc) is 2.67. The fourth-order valence-corrected chi connectivity index (χ4v) is 2.36. The molecule has 0 radical (unpaired) electrons. The van der Waals surface area contributed by atoms with Gasteiger partial charge in [-0.3, -0.25) is 9.59 Å². The van der Waals surface area contributed by atoms with Crippen molar-refractivity contribution in [3.63, 3.8) is 0 Å². The van der Waals surface area contributed by atoms with Crippen LogP contribution in [0.3, 0.4) is 0 Å². The van der Waals surface area contributed by atoms with E-state index >= 15 is 0 Å². The molecule has 0 fully saturated rings. The van der Waals surface area contributed by atoms with Crippen molar-refractivity contribution in [1.82, 2.24) is 5.32 Å². The standard InChI is InChI=1S/C19H19NO5/c1-25-19(24)16(20-17(22)12-21)11-13-7-9-15(10-8-13)18(23)14-5-3-2-4-6-14/h2-10,16,21H,11-12H2,1H3,(H,20,22)/t16-/m1/s1. The number of nitrogens with one attached hydrogen (secondary N) is 1. The fourth-order valence-electron chi connectivity index (χ4n) is 2.36. The molecule has 2 N–H and O–H groups in total. The molecule has 0 saturated carbocycles. The van der Waals surface area contributed by atoms with Crippen LogP contribution >= 0.6 is 0 Å². The van der Waals surface area contributed by atoms with Crippen molar-refractivity contribution in [1.29, 1.82) is 0 Å². The van der Waals surface area contributed by atoms with Gasteiger partial charge in [0.1, 0.15) is 12.6 Å². The number of carbonyl (C=O) groups is 3. The summed E-state index contributed by atoms with van der Waals surface area (Å²) in [6.07, 6.45) is 0.193. The van der Waals surface area contributed by atoms with Gasteiger partial charge in [-0.2, -0.15) is 0 Å². The zero-order valence-electron chi connectivity index (χ0n) is 13.8. The molecule has 0 heterocycles. The highest BCUT2D eigenvalue weighted by atomic mass is 16.5. The van der Waals surface area contributed by atoms with Crippen molar-refractivity contribution in [2.24, 2.45) is 0 Å². The smallest absolute Gasteiger partial charge is 0.328 e. The Balaban J connectivity index is 2.11. The Morgan fingerprint density at radius 3 is 2.16 bits per heavy atom. The monoisotopic (exact) mass is 341 g/mol. The summed E-state index contributed by atoms with van der Waals surface area (Å²) in [7, 11) is 1.22. The number of esters is 1. The molecule has 1 amide bonds. The fraction of sp³-hybridized carbons (Fsp3) is 0.211. The number of methoxy groups -OCH3 is 1. The van der Waals surface area contributed by atoms with Crippen LogP contribution in [-0.2, 0) is 20.7 Å². The molecule has 130 valence electrons. The number of amides is 1. The molecule has 2 aromatic rings. The van der Waals surface area contributed by atoms with Gasteiger partial charge >= 0.3 is 5.97 Å². The van der Waals surface area contributed by atoms with Crippen molar-refractivity contribution in [2.75, 3.05) is 13.7 Å². The lowest BCUT2D eigenvalue weighted by atomic mass is 9.99. The molecule has 0 aromatic heterocycles. The van der Waals surface area contributed by atoms with Crippen molar-refractivity contribution in [2.45, 2.75) is 12.5 Å². The summed E-state index contributed by atoms with van der Waals surface area (Å²) >= 11 is 0. The zero-order chi connectivity index (χ0) is 18.2. The van der Waals surface area contributed by atoms with E-state index in [0.29, 0.717) is 11.1 Å². The first-order valence-corrected chi connectivity index (χ1v) is 7.72. The molecule has 0 bridgehead atoms. The maximum absolute atomic E-state index is 12.4. The van der Waals surface area contributed by atoms with Gasteiger partial charge in [-0.15, -0.1) is 0 Å². The van der Waals surface area contributed by atoms with Crippen LogP contribution in [-0.4, -0.2) is 42.5 Å². The number of aliphatic hydroxyl groups excluding tert-OH is 1. The van der Waals surface area contributed by atoms with Crippen molar-refractivity contribution >= 4 is 17.7 Å². The summed E-state index contributed by atoms with van der Waals surface area (Å²) in [6.45, 7) is -0.710. The first-order valence-electron chi connectivity index (χ1n) is 7.72. The largest absolute Gasteiger partial charge is 0.467 e. The van der Waals surface area contributed by atoms with Gasteiger partial charge in [0.25, 0.3) is 0 Å². The number of carbonyl (C=O) groups excluding carboxylic acids is 3. The van der Waals surface area contributed by atoms with E-state index in [1.54, 1.807) is 48.5 Å². The summed E-state index contributed by atoms with van der Waals surface area (Å²) in [5.41, 5.74) is 1.88. The van der Waals surface area contributed by atoms with Gasteiger partial charge in [-0.1, -0.05) is 54.6 Å². The van der Waals surface area contributed by atoms with Crippen LogP contribution in [0, 0.1) is 0 Å². The van der Waals surface area contributed by atoms with E-state index in [-0.39, 0.29) is 12.2 Å². The molecular weight excluding hydrogens is 322 g/mol. The molecule has 2 rings (SSSR count). The van der Waals surface area contributed by atoms with Gasteiger partial charge in [0.15, 0.2) is 5.78 Å². The lowest BCUT2D eigenvalue weighted by molar-refractivity contribution is -0.145. The van der Waals surface area contributed by atoms with Gasteiger partial charge < -0.3 is 15.2 Å². The number of hydrogen-bond acceptors (Lipinski definition) is 5. The molecule has 0 aliphatic heterocycles. The Labute approximate surface area is 145 Å². The third-order valence-corrected chi connectivity index (χ3v) is 3.66. The van der Waals surface area contributed by atoms with Gasteiger partial charge in [0.2, 0.25) is 5.91 Å². The quantitative estimate of drug-likeness (QED) is 0.581. The minimum Gasteiger partial charge on any atom is -0.467 e. The van der Waals surface area contributed by atoms with Gasteiger partial charge in [-0.05, 0) is 5.56 Å². The number of benzene rings is 2. The first-order chi connectivity index (χ1) is 12.0. The molecule has 0 aliphatic carbocycles. The minimum absolute atomic E-state index is 0.0924. The summed E-state index contributed by atoms with van der Waals surface area (Å²) in [5, 5.41) is 11.2. The van der Waals surface area contributed by atoms with E-state index in [1.165, 1.54) is 7.11 Å². The molecular formula is C19H19NO5. The van der Waals surface area contributed by atoms with E-state index in [2.05, 4.69) is 10.1 Å². The molecule has 0 saturated heterocycles. The lowest BCUT2D eigenvalue weighted by Crippen LogP contribution is -2.44. The Morgan fingerprint density at radius 2 is 1.60 bits per heavy atom. The highest BCUT2D eigenvalue weighted by molar-refractivity contribution is 6.08. The molecule has 6 nitrogen and oxygen atoms in total. The normalized spacial score (nSPS) is 11.4. The number of hydrogen-bond donors (Lipinski definition) is 2. The van der Waals surface area contributed by atoms with E-state index in [4.69, 9.17) is 5.11 Å². The SMILES string of the molecule is COC(=O)[C@@H](Cc1ccc(C(=O)c2ccccc2)cc1)NC(=O)CO. The van der Waals surface area contributed by atoms with E-state index in [1.807, 2.05) is 6.07 Å². The van der Waals surface area contributed by atoms with Crippen LogP contribution in [0.4, 0.5) is 0 Å². The Bertz CT molecular complexity index is 740. The predicted octanol–water partition coefficient (Wildman–Crippen LogP) is 1.11. The van der Waals surface area contributed by atoms with E-state index in [0.717, 1.165) is 5.56 Å². The van der Waals surface area contributed by atoms with Crippen LogP contribution < -0.4 is 5.32 Å². The molecule has 0 spiro atoms. The number of ether oxygens (including phenoxy) is 1. The van der Waals surface area contributed by atoms with Crippen molar-refractivity contribution in [3.05, 3.63) is 71.3 Å². The molecule has 1 atom stereocenters. The number of rotatable bonds is 7. The highest BCUT2D eigenvalue weighted by Crippen LogP contribution is 2.12. The van der Waals surface area contributed by atoms with E-state index in [9.17, 15) is 14.4 Å². The topological polar surface area (TPSA) is 92.7 Å². The predicted molar refractivity (Wildman–Crippen MR) is 91.1 cm³/mol. The molecule has 6 heteroatoms. The summed E-state index contributed by atoms with van der Waals surface area (Å²) < 4.78 is 4.66. The summed E-state index contributed by atoms with van der Waals surface area (Å²) in [6, 6.07) is 14.8. The third kappa shape index (κ3) is 4.99. The molecule has 0 aliphatic rings.